The van der Waals surface area contributed by atoms with Crippen molar-refractivity contribution in [2.45, 2.75) is 32.9 Å². The Balaban J connectivity index is 2.57. The molecule has 1 fully saturated rings. The predicted molar refractivity (Wildman–Crippen MR) is 56.9 cm³/mol. The Morgan fingerprint density at radius 3 is 2.71 bits per heavy atom. The van der Waals surface area contributed by atoms with Gasteiger partial charge in [0.25, 0.3) is 0 Å². The molecule has 4 nitrogen and oxygen atoms in total. The lowest BCUT2D eigenvalue weighted by atomic mass is 10.1. The van der Waals surface area contributed by atoms with Gasteiger partial charge in [0.05, 0.1) is 6.54 Å². The Hall–Kier alpha value is -0.610. The fraction of sp³-hybridized carbons (Fsp3) is 0.900. The summed E-state index contributed by atoms with van der Waals surface area (Å²) in [6.45, 7) is 9.06. The molecule has 1 amide bonds. The van der Waals surface area contributed by atoms with Crippen molar-refractivity contribution in [3.05, 3.63) is 0 Å². The second-order valence-electron chi connectivity index (χ2n) is 4.25. The largest absolute Gasteiger partial charge is 0.338 e. The van der Waals surface area contributed by atoms with E-state index in [0.29, 0.717) is 25.2 Å². The van der Waals surface area contributed by atoms with Crippen LogP contribution in [0.25, 0.3) is 0 Å². The fourth-order valence-corrected chi connectivity index (χ4v) is 1.89. The predicted octanol–water partition coefficient (Wildman–Crippen LogP) is -0.114. The van der Waals surface area contributed by atoms with Gasteiger partial charge < -0.3 is 10.6 Å². The highest BCUT2D eigenvalue weighted by atomic mass is 16.2. The molecule has 0 aliphatic carbocycles. The summed E-state index contributed by atoms with van der Waals surface area (Å²) in [5.41, 5.74) is 5.49. The van der Waals surface area contributed by atoms with Crippen LogP contribution in [0.3, 0.4) is 0 Å². The molecule has 0 bridgehead atoms. The molecule has 0 spiro atoms. The minimum atomic E-state index is 0.228. The molecule has 1 unspecified atom stereocenters. The molecule has 1 heterocycles. The molecule has 14 heavy (non-hydrogen) atoms. The Kier molecular flexibility index (Phi) is 3.89. The van der Waals surface area contributed by atoms with Gasteiger partial charge in [0, 0.05) is 31.7 Å². The third-order valence-electron chi connectivity index (χ3n) is 2.78. The Morgan fingerprint density at radius 2 is 2.21 bits per heavy atom. The van der Waals surface area contributed by atoms with E-state index < -0.39 is 0 Å². The van der Waals surface area contributed by atoms with Crippen molar-refractivity contribution >= 4 is 5.91 Å². The number of hydrogen-bond donors (Lipinski definition) is 1. The van der Waals surface area contributed by atoms with Gasteiger partial charge in [0.1, 0.15) is 0 Å². The first kappa shape index (κ1) is 11.5. The molecule has 1 rings (SSSR count). The molecule has 1 saturated heterocycles. The summed E-state index contributed by atoms with van der Waals surface area (Å²) < 4.78 is 0. The number of amides is 1. The highest BCUT2D eigenvalue weighted by Gasteiger charge is 2.29. The second kappa shape index (κ2) is 4.75. The van der Waals surface area contributed by atoms with E-state index in [2.05, 4.69) is 25.7 Å². The van der Waals surface area contributed by atoms with Gasteiger partial charge in [-0.3, -0.25) is 9.69 Å². The van der Waals surface area contributed by atoms with Gasteiger partial charge in [-0.2, -0.15) is 0 Å². The lowest BCUT2D eigenvalue weighted by Gasteiger charge is -2.41. The van der Waals surface area contributed by atoms with Gasteiger partial charge in [-0.05, 0) is 20.8 Å². The second-order valence-corrected chi connectivity index (χ2v) is 4.25. The van der Waals surface area contributed by atoms with Crippen molar-refractivity contribution in [3.63, 3.8) is 0 Å². The van der Waals surface area contributed by atoms with Crippen LogP contribution in [0.4, 0.5) is 0 Å². The zero-order valence-corrected chi connectivity index (χ0v) is 9.36. The lowest BCUT2D eigenvalue weighted by Crippen LogP contribution is -2.57. The van der Waals surface area contributed by atoms with Crippen LogP contribution in [0.2, 0.25) is 0 Å². The normalized spacial score (nSPS) is 24.8. The maximum Gasteiger partial charge on any atom is 0.237 e. The first-order chi connectivity index (χ1) is 6.56. The standard InChI is InChI=1S/C10H21N3O/c1-8(2)13-6-9(3)12(5-4-11)7-10(13)14/h8-9H,4-7,11H2,1-3H3. The highest BCUT2D eigenvalue weighted by Crippen LogP contribution is 2.12. The van der Waals surface area contributed by atoms with Crippen LogP contribution in [0, 0.1) is 0 Å². The van der Waals surface area contributed by atoms with Crippen LogP contribution in [-0.4, -0.2) is 54.0 Å². The highest BCUT2D eigenvalue weighted by molar-refractivity contribution is 5.79. The number of rotatable bonds is 3. The zero-order chi connectivity index (χ0) is 10.7. The van der Waals surface area contributed by atoms with E-state index in [0.717, 1.165) is 13.1 Å². The van der Waals surface area contributed by atoms with E-state index in [1.54, 1.807) is 0 Å². The number of nitrogens with two attached hydrogens (primary N) is 1. The van der Waals surface area contributed by atoms with Crippen LogP contribution in [-0.2, 0) is 4.79 Å². The molecule has 1 atom stereocenters. The first-order valence-electron chi connectivity index (χ1n) is 5.29. The SMILES string of the molecule is CC1CN(C(C)C)C(=O)CN1CCN. The van der Waals surface area contributed by atoms with E-state index in [-0.39, 0.29) is 5.91 Å². The van der Waals surface area contributed by atoms with Gasteiger partial charge in [-0.25, -0.2) is 0 Å². The minimum Gasteiger partial charge on any atom is -0.338 e. The van der Waals surface area contributed by atoms with Crippen LogP contribution in [0.1, 0.15) is 20.8 Å². The van der Waals surface area contributed by atoms with E-state index in [9.17, 15) is 4.79 Å². The number of nitrogens with zero attached hydrogens (tertiary/aromatic N) is 2. The van der Waals surface area contributed by atoms with Gasteiger partial charge in [-0.1, -0.05) is 0 Å². The first-order valence-corrected chi connectivity index (χ1v) is 5.29. The minimum absolute atomic E-state index is 0.228. The Bertz CT molecular complexity index is 206. The molecule has 1 aliphatic rings. The number of carbonyl (C=O) groups excluding carboxylic acids is 1. The molecule has 2 N–H and O–H groups in total. The third kappa shape index (κ3) is 2.45. The van der Waals surface area contributed by atoms with E-state index >= 15 is 0 Å². The molecule has 0 aromatic rings. The van der Waals surface area contributed by atoms with Crippen molar-refractivity contribution in [1.29, 1.82) is 0 Å². The molecule has 0 saturated carbocycles. The summed E-state index contributed by atoms with van der Waals surface area (Å²) in [6.07, 6.45) is 0. The zero-order valence-electron chi connectivity index (χ0n) is 9.36. The summed E-state index contributed by atoms with van der Waals surface area (Å²) in [7, 11) is 0. The lowest BCUT2D eigenvalue weighted by molar-refractivity contribution is -0.140. The summed E-state index contributed by atoms with van der Waals surface area (Å²) >= 11 is 0. The Labute approximate surface area is 86.0 Å². The molecule has 1 aliphatic heterocycles. The van der Waals surface area contributed by atoms with E-state index in [1.165, 1.54) is 0 Å². The van der Waals surface area contributed by atoms with Crippen molar-refractivity contribution < 1.29 is 4.79 Å². The molecule has 82 valence electrons. The van der Waals surface area contributed by atoms with Crippen molar-refractivity contribution in [1.82, 2.24) is 9.80 Å². The van der Waals surface area contributed by atoms with Gasteiger partial charge in [-0.15, -0.1) is 0 Å². The van der Waals surface area contributed by atoms with Crippen molar-refractivity contribution in [2.75, 3.05) is 26.2 Å². The van der Waals surface area contributed by atoms with Gasteiger partial charge >= 0.3 is 0 Å². The maximum atomic E-state index is 11.7. The summed E-state index contributed by atoms with van der Waals surface area (Å²) in [4.78, 5) is 15.8. The number of carbonyl (C=O) groups is 1. The summed E-state index contributed by atoms with van der Waals surface area (Å²) in [5.74, 6) is 0.228. The number of hydrogen-bond acceptors (Lipinski definition) is 3. The smallest absolute Gasteiger partial charge is 0.237 e. The average molecular weight is 199 g/mol. The van der Waals surface area contributed by atoms with Crippen molar-refractivity contribution in [3.8, 4) is 0 Å². The van der Waals surface area contributed by atoms with Crippen LogP contribution < -0.4 is 5.73 Å². The van der Waals surface area contributed by atoms with Gasteiger partial charge in [0.15, 0.2) is 0 Å². The van der Waals surface area contributed by atoms with Gasteiger partial charge in [0.2, 0.25) is 5.91 Å². The molecular weight excluding hydrogens is 178 g/mol. The molecule has 4 heteroatoms. The van der Waals surface area contributed by atoms with Crippen LogP contribution in [0.5, 0.6) is 0 Å². The molecule has 0 aromatic heterocycles. The summed E-state index contributed by atoms with van der Waals surface area (Å²) in [5, 5.41) is 0. The van der Waals surface area contributed by atoms with E-state index in [4.69, 9.17) is 5.73 Å². The van der Waals surface area contributed by atoms with Crippen LogP contribution >= 0.6 is 0 Å². The quantitative estimate of drug-likeness (QED) is 0.690. The topological polar surface area (TPSA) is 49.6 Å². The molecule has 0 radical (unpaired) electrons. The average Bonchev–Trinajstić information content (AvgIpc) is 2.10. The monoisotopic (exact) mass is 199 g/mol. The fourth-order valence-electron chi connectivity index (χ4n) is 1.89. The Morgan fingerprint density at radius 1 is 1.57 bits per heavy atom. The molecular formula is C10H21N3O. The maximum absolute atomic E-state index is 11.7. The van der Waals surface area contributed by atoms with E-state index in [1.807, 2.05) is 4.90 Å². The third-order valence-corrected chi connectivity index (χ3v) is 2.78. The summed E-state index contributed by atoms with van der Waals surface area (Å²) in [6, 6.07) is 0.739. The van der Waals surface area contributed by atoms with Crippen LogP contribution in [0.15, 0.2) is 0 Å². The number of piperazine rings is 1. The van der Waals surface area contributed by atoms with Crippen molar-refractivity contribution in [2.24, 2.45) is 5.73 Å². The molecule has 0 aromatic carbocycles.